The van der Waals surface area contributed by atoms with E-state index < -0.39 is 0 Å². The third kappa shape index (κ3) is 2.61. The molecule has 1 saturated carbocycles. The fourth-order valence-electron chi connectivity index (χ4n) is 6.13. The number of epoxide rings is 1. The van der Waals surface area contributed by atoms with E-state index in [0.29, 0.717) is 23.7 Å². The van der Waals surface area contributed by atoms with Gasteiger partial charge >= 0.3 is 5.97 Å². The maximum atomic E-state index is 11.9. The zero-order chi connectivity index (χ0) is 18.1. The van der Waals surface area contributed by atoms with Crippen LogP contribution in [0, 0.1) is 29.6 Å². The Balaban J connectivity index is 1.82. The maximum Gasteiger partial charge on any atom is 0.302 e. The average Bonchev–Trinajstić information content (AvgIpc) is 3.15. The molecule has 25 heavy (non-hydrogen) atoms. The first-order valence-electron chi connectivity index (χ1n) is 9.98. The number of hydrogen-bond donors (Lipinski definition) is 0. The molecule has 3 nitrogen and oxygen atoms in total. The highest BCUT2D eigenvalue weighted by Crippen LogP contribution is 2.60. The van der Waals surface area contributed by atoms with Crippen molar-refractivity contribution in [3.8, 4) is 0 Å². The van der Waals surface area contributed by atoms with Gasteiger partial charge in [-0.15, -0.1) is 0 Å². The van der Waals surface area contributed by atoms with Crippen LogP contribution in [0.2, 0.25) is 0 Å². The fourth-order valence-corrected chi connectivity index (χ4v) is 6.13. The Morgan fingerprint density at radius 2 is 1.92 bits per heavy atom. The Hall–Kier alpha value is -1.09. The second-order valence-corrected chi connectivity index (χ2v) is 9.35. The molecule has 3 aliphatic carbocycles. The monoisotopic (exact) mass is 344 g/mol. The minimum absolute atomic E-state index is 0.0625. The molecule has 7 unspecified atom stereocenters. The van der Waals surface area contributed by atoms with Gasteiger partial charge in [0.1, 0.15) is 6.10 Å². The normalized spacial score (nSPS) is 45.0. The van der Waals surface area contributed by atoms with Crippen LogP contribution in [0.5, 0.6) is 0 Å². The van der Waals surface area contributed by atoms with Gasteiger partial charge in [0.15, 0.2) is 0 Å². The van der Waals surface area contributed by atoms with Crippen molar-refractivity contribution in [2.75, 3.05) is 0 Å². The van der Waals surface area contributed by atoms with Crippen LogP contribution in [0.15, 0.2) is 23.3 Å². The Morgan fingerprint density at radius 1 is 1.24 bits per heavy atom. The summed E-state index contributed by atoms with van der Waals surface area (Å²) in [5.74, 6) is 1.97. The molecule has 0 bridgehead atoms. The SMILES string of the molecule is C=C1CCC2=C3C(CCC2C)C(C)C(OC(C)=O)C(C2OC2(C)C)C13. The molecule has 0 aromatic rings. The predicted octanol–water partition coefficient (Wildman–Crippen LogP) is 4.67. The lowest BCUT2D eigenvalue weighted by Crippen LogP contribution is -2.52. The fraction of sp³-hybridized carbons (Fsp3) is 0.773. The average molecular weight is 344 g/mol. The van der Waals surface area contributed by atoms with Gasteiger partial charge in [-0.3, -0.25) is 4.79 Å². The van der Waals surface area contributed by atoms with E-state index >= 15 is 0 Å². The molecule has 3 heteroatoms. The molecule has 0 N–H and O–H groups in total. The van der Waals surface area contributed by atoms with E-state index in [4.69, 9.17) is 9.47 Å². The molecule has 7 atom stereocenters. The van der Waals surface area contributed by atoms with Gasteiger partial charge in [-0.2, -0.15) is 0 Å². The molecule has 2 fully saturated rings. The van der Waals surface area contributed by atoms with Gasteiger partial charge in [0.25, 0.3) is 0 Å². The van der Waals surface area contributed by atoms with Crippen molar-refractivity contribution in [2.24, 2.45) is 29.6 Å². The number of allylic oxidation sites excluding steroid dienone is 3. The van der Waals surface area contributed by atoms with E-state index in [-0.39, 0.29) is 29.7 Å². The minimum atomic E-state index is -0.168. The number of ether oxygens (including phenoxy) is 2. The number of hydrogen-bond acceptors (Lipinski definition) is 3. The molecule has 0 aromatic carbocycles. The zero-order valence-corrected chi connectivity index (χ0v) is 16.3. The van der Waals surface area contributed by atoms with Crippen LogP contribution in [0.1, 0.15) is 60.3 Å². The van der Waals surface area contributed by atoms with Crippen molar-refractivity contribution in [1.82, 2.24) is 0 Å². The Kier molecular flexibility index (Phi) is 3.95. The van der Waals surface area contributed by atoms with E-state index in [1.807, 2.05) is 0 Å². The molecule has 1 aliphatic heterocycles. The molecular formula is C22H32O3. The summed E-state index contributed by atoms with van der Waals surface area (Å²) >= 11 is 0. The maximum absolute atomic E-state index is 11.9. The van der Waals surface area contributed by atoms with Crippen LogP contribution in [0.25, 0.3) is 0 Å². The highest BCUT2D eigenvalue weighted by Gasteiger charge is 2.62. The summed E-state index contributed by atoms with van der Waals surface area (Å²) in [4.78, 5) is 11.9. The van der Waals surface area contributed by atoms with Gasteiger partial charge in [-0.05, 0) is 51.4 Å². The van der Waals surface area contributed by atoms with E-state index in [1.54, 1.807) is 11.1 Å². The molecule has 1 heterocycles. The third-order valence-electron chi connectivity index (χ3n) is 7.39. The van der Waals surface area contributed by atoms with Crippen LogP contribution in [0.4, 0.5) is 0 Å². The van der Waals surface area contributed by atoms with Crippen molar-refractivity contribution in [3.63, 3.8) is 0 Å². The van der Waals surface area contributed by atoms with Crippen LogP contribution >= 0.6 is 0 Å². The molecule has 4 aliphatic rings. The van der Waals surface area contributed by atoms with Crippen molar-refractivity contribution in [2.45, 2.75) is 78.1 Å². The van der Waals surface area contributed by atoms with Gasteiger partial charge in [-0.25, -0.2) is 0 Å². The van der Waals surface area contributed by atoms with E-state index in [1.165, 1.54) is 31.8 Å². The summed E-state index contributed by atoms with van der Waals surface area (Å²) < 4.78 is 12.0. The zero-order valence-electron chi connectivity index (χ0n) is 16.3. The molecule has 4 rings (SSSR count). The molecule has 138 valence electrons. The molecule has 0 amide bonds. The summed E-state index contributed by atoms with van der Waals surface area (Å²) in [6, 6.07) is 0. The van der Waals surface area contributed by atoms with Crippen LogP contribution < -0.4 is 0 Å². The van der Waals surface area contributed by atoms with Crippen molar-refractivity contribution in [3.05, 3.63) is 23.3 Å². The highest BCUT2D eigenvalue weighted by atomic mass is 16.6. The van der Waals surface area contributed by atoms with Gasteiger partial charge in [0, 0.05) is 24.7 Å². The van der Waals surface area contributed by atoms with Crippen LogP contribution in [-0.4, -0.2) is 23.8 Å². The van der Waals surface area contributed by atoms with Gasteiger partial charge in [-0.1, -0.05) is 37.1 Å². The summed E-state index contributed by atoms with van der Waals surface area (Å²) in [7, 11) is 0. The minimum Gasteiger partial charge on any atom is -0.462 e. The molecular weight excluding hydrogens is 312 g/mol. The highest BCUT2D eigenvalue weighted by molar-refractivity contribution is 5.66. The largest absolute Gasteiger partial charge is 0.462 e. The van der Waals surface area contributed by atoms with Crippen molar-refractivity contribution >= 4 is 5.97 Å². The molecule has 0 spiro atoms. The van der Waals surface area contributed by atoms with Gasteiger partial charge < -0.3 is 9.47 Å². The standard InChI is InChI=1S/C22H32O3/c1-11-7-10-16-13(3)20(24-14(4)23)19(21-22(5,6)25-21)17-12(2)8-9-15(11)18(16)17/h11,13,16-17,19-21H,2,7-10H2,1,3-6H3. The third-order valence-corrected chi connectivity index (χ3v) is 7.39. The number of esters is 1. The number of rotatable bonds is 2. The summed E-state index contributed by atoms with van der Waals surface area (Å²) in [6.07, 6.45) is 4.82. The Labute approximate surface area is 151 Å². The molecule has 0 radical (unpaired) electrons. The van der Waals surface area contributed by atoms with Gasteiger partial charge in [0.05, 0.1) is 11.7 Å². The first kappa shape index (κ1) is 17.3. The Morgan fingerprint density at radius 3 is 2.52 bits per heavy atom. The lowest BCUT2D eigenvalue weighted by atomic mass is 9.53. The van der Waals surface area contributed by atoms with E-state index in [2.05, 4.69) is 34.3 Å². The second kappa shape index (κ2) is 5.70. The smallest absolute Gasteiger partial charge is 0.302 e. The van der Waals surface area contributed by atoms with Crippen molar-refractivity contribution < 1.29 is 14.3 Å². The first-order chi connectivity index (χ1) is 11.7. The molecule has 1 saturated heterocycles. The van der Waals surface area contributed by atoms with E-state index in [9.17, 15) is 4.79 Å². The van der Waals surface area contributed by atoms with Gasteiger partial charge in [0.2, 0.25) is 0 Å². The summed E-state index contributed by atoms with van der Waals surface area (Å²) in [5, 5.41) is 0. The first-order valence-corrected chi connectivity index (χ1v) is 9.98. The quantitative estimate of drug-likeness (QED) is 0.415. The topological polar surface area (TPSA) is 38.8 Å². The Bertz CT molecular complexity index is 644. The molecule has 0 aromatic heterocycles. The summed E-state index contributed by atoms with van der Waals surface area (Å²) in [5.41, 5.74) is 4.56. The van der Waals surface area contributed by atoms with E-state index in [0.717, 1.165) is 6.42 Å². The lowest BCUT2D eigenvalue weighted by molar-refractivity contribution is -0.158. The summed E-state index contributed by atoms with van der Waals surface area (Å²) in [6.45, 7) is 15.0. The second-order valence-electron chi connectivity index (χ2n) is 9.35. The number of carbonyl (C=O) groups is 1. The predicted molar refractivity (Wildman–Crippen MR) is 97.9 cm³/mol. The number of carbonyl (C=O) groups excluding carboxylic acids is 1. The van der Waals surface area contributed by atoms with Crippen LogP contribution in [0.3, 0.4) is 0 Å². The van der Waals surface area contributed by atoms with Crippen molar-refractivity contribution in [1.29, 1.82) is 0 Å². The lowest BCUT2D eigenvalue weighted by Gasteiger charge is -2.53. The van der Waals surface area contributed by atoms with Crippen LogP contribution in [-0.2, 0) is 14.3 Å².